The van der Waals surface area contributed by atoms with Gasteiger partial charge in [0.25, 0.3) is 0 Å². The summed E-state index contributed by atoms with van der Waals surface area (Å²) in [6.07, 6.45) is 4.47. The predicted molar refractivity (Wildman–Crippen MR) is 88.2 cm³/mol. The van der Waals surface area contributed by atoms with E-state index in [4.69, 9.17) is 4.74 Å². The Bertz CT molecular complexity index is 554. The summed E-state index contributed by atoms with van der Waals surface area (Å²) in [5.74, 6) is 0.864. The normalized spacial score (nSPS) is 27.8. The molecule has 23 heavy (non-hydrogen) atoms. The van der Waals surface area contributed by atoms with E-state index in [2.05, 4.69) is 20.1 Å². The van der Waals surface area contributed by atoms with Gasteiger partial charge in [-0.3, -0.25) is 14.6 Å². The summed E-state index contributed by atoms with van der Waals surface area (Å²) < 4.78 is 6.16. The minimum atomic E-state index is -0.126. The highest BCUT2D eigenvalue weighted by atomic mass is 32.1. The van der Waals surface area contributed by atoms with Crippen molar-refractivity contribution in [1.29, 1.82) is 0 Å². The lowest BCUT2D eigenvalue weighted by molar-refractivity contribution is -0.203. The van der Waals surface area contributed by atoms with E-state index in [0.29, 0.717) is 6.61 Å². The SMILES string of the molecule is CNC(=O)C1COC2(CN(Cc3nccs3)C2)CN1CC1CC1. The Morgan fingerprint density at radius 1 is 1.48 bits per heavy atom. The number of hydrogen-bond acceptors (Lipinski definition) is 6. The Hall–Kier alpha value is -1.02. The molecule has 3 aliphatic rings. The van der Waals surface area contributed by atoms with Crippen molar-refractivity contribution in [3.63, 3.8) is 0 Å². The quantitative estimate of drug-likeness (QED) is 0.851. The zero-order valence-electron chi connectivity index (χ0n) is 13.5. The second-order valence-corrected chi connectivity index (χ2v) is 8.05. The van der Waals surface area contributed by atoms with Crippen molar-refractivity contribution in [3.8, 4) is 0 Å². The van der Waals surface area contributed by atoms with Crippen LogP contribution in [0.4, 0.5) is 0 Å². The van der Waals surface area contributed by atoms with Crippen LogP contribution in [0.15, 0.2) is 11.6 Å². The Morgan fingerprint density at radius 2 is 2.30 bits per heavy atom. The standard InChI is InChI=1S/C16H24N4O2S/c1-17-15(21)13-8-22-16(11-20(13)6-12-2-3-12)9-19(10-16)7-14-18-4-5-23-14/h4-5,12-13H,2-3,6-11H2,1H3,(H,17,21). The van der Waals surface area contributed by atoms with Crippen LogP contribution >= 0.6 is 11.3 Å². The molecule has 3 heterocycles. The molecule has 1 aliphatic carbocycles. The molecular weight excluding hydrogens is 312 g/mol. The summed E-state index contributed by atoms with van der Waals surface area (Å²) in [5, 5.41) is 5.96. The van der Waals surface area contributed by atoms with Crippen molar-refractivity contribution in [2.75, 3.05) is 39.8 Å². The van der Waals surface area contributed by atoms with Gasteiger partial charge in [0.15, 0.2) is 0 Å². The van der Waals surface area contributed by atoms with Gasteiger partial charge in [-0.05, 0) is 18.8 Å². The minimum Gasteiger partial charge on any atom is -0.369 e. The van der Waals surface area contributed by atoms with Gasteiger partial charge in [0.2, 0.25) is 5.91 Å². The molecule has 0 radical (unpaired) electrons. The molecule has 1 saturated carbocycles. The van der Waals surface area contributed by atoms with E-state index in [1.165, 1.54) is 12.8 Å². The van der Waals surface area contributed by atoms with Gasteiger partial charge in [0, 0.05) is 44.8 Å². The van der Waals surface area contributed by atoms with Crippen molar-refractivity contribution < 1.29 is 9.53 Å². The fraction of sp³-hybridized carbons (Fsp3) is 0.750. The van der Waals surface area contributed by atoms with E-state index in [0.717, 1.165) is 43.6 Å². The number of carbonyl (C=O) groups excluding carboxylic acids is 1. The van der Waals surface area contributed by atoms with Gasteiger partial charge >= 0.3 is 0 Å². The zero-order chi connectivity index (χ0) is 15.9. The second kappa shape index (κ2) is 6.12. The Balaban J connectivity index is 1.36. The van der Waals surface area contributed by atoms with Gasteiger partial charge in [0.1, 0.15) is 16.7 Å². The smallest absolute Gasteiger partial charge is 0.239 e. The Morgan fingerprint density at radius 3 is 2.96 bits per heavy atom. The summed E-state index contributed by atoms with van der Waals surface area (Å²) in [6, 6.07) is -0.126. The number of ether oxygens (including phenoxy) is 1. The third-order valence-corrected chi connectivity index (χ3v) is 5.85. The van der Waals surface area contributed by atoms with Crippen LogP contribution in [0, 0.1) is 5.92 Å². The average molecular weight is 336 g/mol. The van der Waals surface area contributed by atoms with Crippen molar-refractivity contribution in [3.05, 3.63) is 16.6 Å². The Kier molecular flexibility index (Phi) is 4.13. The van der Waals surface area contributed by atoms with E-state index in [-0.39, 0.29) is 17.6 Å². The Labute approximate surface area is 140 Å². The van der Waals surface area contributed by atoms with E-state index in [1.54, 1.807) is 18.4 Å². The number of aromatic nitrogens is 1. The van der Waals surface area contributed by atoms with Crippen LogP contribution in [0.3, 0.4) is 0 Å². The maximum Gasteiger partial charge on any atom is 0.239 e. The fourth-order valence-electron chi connectivity index (χ4n) is 3.71. The van der Waals surface area contributed by atoms with Gasteiger partial charge in [-0.2, -0.15) is 0 Å². The molecule has 3 fully saturated rings. The summed E-state index contributed by atoms with van der Waals surface area (Å²) in [4.78, 5) is 21.2. The van der Waals surface area contributed by atoms with Crippen LogP contribution in [0.2, 0.25) is 0 Å². The topological polar surface area (TPSA) is 57.7 Å². The van der Waals surface area contributed by atoms with Crippen LogP contribution in [0.25, 0.3) is 0 Å². The lowest BCUT2D eigenvalue weighted by Gasteiger charge is -2.55. The molecule has 2 saturated heterocycles. The van der Waals surface area contributed by atoms with Crippen LogP contribution in [-0.2, 0) is 16.1 Å². The summed E-state index contributed by atoms with van der Waals surface area (Å²) >= 11 is 1.70. The summed E-state index contributed by atoms with van der Waals surface area (Å²) in [5.41, 5.74) is -0.0866. The number of hydrogen-bond donors (Lipinski definition) is 1. The molecule has 1 aromatic heterocycles. The largest absolute Gasteiger partial charge is 0.369 e. The fourth-order valence-corrected chi connectivity index (χ4v) is 4.37. The molecule has 1 aromatic rings. The highest BCUT2D eigenvalue weighted by molar-refractivity contribution is 7.09. The number of carbonyl (C=O) groups is 1. The number of morpholine rings is 1. The first-order chi connectivity index (χ1) is 11.2. The maximum atomic E-state index is 12.1. The minimum absolute atomic E-state index is 0.0828. The number of likely N-dealkylation sites (tertiary alicyclic amines) is 1. The first kappa shape index (κ1) is 15.5. The van der Waals surface area contributed by atoms with E-state index in [9.17, 15) is 4.79 Å². The summed E-state index contributed by atoms with van der Waals surface area (Å²) in [6.45, 7) is 5.20. The molecule has 0 aromatic carbocycles. The summed E-state index contributed by atoms with van der Waals surface area (Å²) in [7, 11) is 1.71. The number of rotatable bonds is 5. The average Bonchev–Trinajstić information content (AvgIpc) is 3.18. The molecule has 1 amide bonds. The number of nitrogens with zero attached hydrogens (tertiary/aromatic N) is 3. The van der Waals surface area contributed by atoms with Crippen LogP contribution < -0.4 is 5.32 Å². The third kappa shape index (κ3) is 3.28. The van der Waals surface area contributed by atoms with Gasteiger partial charge < -0.3 is 10.1 Å². The first-order valence-electron chi connectivity index (χ1n) is 8.38. The lowest BCUT2D eigenvalue weighted by Crippen LogP contribution is -2.72. The molecule has 4 rings (SSSR count). The number of nitrogens with one attached hydrogen (secondary N) is 1. The van der Waals surface area contributed by atoms with Gasteiger partial charge in [-0.15, -0.1) is 11.3 Å². The molecule has 1 atom stereocenters. The molecule has 2 aliphatic heterocycles. The van der Waals surface area contributed by atoms with Crippen LogP contribution in [0.5, 0.6) is 0 Å². The molecule has 126 valence electrons. The van der Waals surface area contributed by atoms with Crippen molar-refractivity contribution in [1.82, 2.24) is 20.1 Å². The van der Waals surface area contributed by atoms with Crippen molar-refractivity contribution in [2.45, 2.75) is 31.0 Å². The number of amides is 1. The third-order valence-electron chi connectivity index (χ3n) is 5.08. The lowest BCUT2D eigenvalue weighted by atomic mass is 9.90. The molecule has 1 spiro atoms. The van der Waals surface area contributed by atoms with E-state index >= 15 is 0 Å². The van der Waals surface area contributed by atoms with E-state index < -0.39 is 0 Å². The highest BCUT2D eigenvalue weighted by Gasteiger charge is 2.51. The molecule has 6 nitrogen and oxygen atoms in total. The first-order valence-corrected chi connectivity index (χ1v) is 9.26. The van der Waals surface area contributed by atoms with Crippen LogP contribution in [-0.4, -0.2) is 72.2 Å². The molecule has 7 heteroatoms. The van der Waals surface area contributed by atoms with Gasteiger partial charge in [-0.25, -0.2) is 4.98 Å². The van der Waals surface area contributed by atoms with E-state index in [1.807, 2.05) is 11.6 Å². The van der Waals surface area contributed by atoms with Crippen molar-refractivity contribution in [2.24, 2.45) is 5.92 Å². The monoisotopic (exact) mass is 336 g/mol. The second-order valence-electron chi connectivity index (χ2n) is 7.07. The van der Waals surface area contributed by atoms with Crippen molar-refractivity contribution >= 4 is 17.2 Å². The molecule has 1 N–H and O–H groups in total. The predicted octanol–water partition coefficient (Wildman–Crippen LogP) is 0.554. The maximum absolute atomic E-state index is 12.1. The molecule has 0 bridgehead atoms. The number of thiazole rings is 1. The van der Waals surface area contributed by atoms with Crippen LogP contribution in [0.1, 0.15) is 17.8 Å². The molecular formula is C16H24N4O2S. The van der Waals surface area contributed by atoms with Gasteiger partial charge in [0.05, 0.1) is 13.2 Å². The van der Waals surface area contributed by atoms with Gasteiger partial charge in [-0.1, -0.05) is 0 Å². The zero-order valence-corrected chi connectivity index (χ0v) is 14.3. The molecule has 1 unspecified atom stereocenters. The highest BCUT2D eigenvalue weighted by Crippen LogP contribution is 2.36. The number of likely N-dealkylation sites (N-methyl/N-ethyl adjacent to an activating group) is 1.